The Morgan fingerprint density at radius 2 is 2.31 bits per heavy atom. The Bertz CT molecular complexity index is 469. The Morgan fingerprint density at radius 3 is 2.94 bits per heavy atom. The van der Waals surface area contributed by atoms with Gasteiger partial charge in [-0.15, -0.1) is 10.2 Å². The third-order valence-electron chi connectivity index (χ3n) is 2.08. The smallest absolute Gasteiger partial charge is 0.196 e. The third-order valence-corrected chi connectivity index (χ3v) is 2.68. The molecule has 2 N–H and O–H groups in total. The Kier molecular flexibility index (Phi) is 3.14. The van der Waals surface area contributed by atoms with E-state index in [1.165, 1.54) is 0 Å². The molecule has 0 aliphatic carbocycles. The lowest BCUT2D eigenvalue weighted by Crippen LogP contribution is -2.10. The average molecular weight is 283 g/mol. The van der Waals surface area contributed by atoms with Crippen molar-refractivity contribution in [3.63, 3.8) is 0 Å². The number of tetrazole rings is 1. The molecule has 16 heavy (non-hydrogen) atoms. The van der Waals surface area contributed by atoms with Gasteiger partial charge in [-0.05, 0) is 41.4 Å². The van der Waals surface area contributed by atoms with Crippen LogP contribution in [0, 0.1) is 6.92 Å². The second kappa shape index (κ2) is 4.56. The van der Waals surface area contributed by atoms with Crippen LogP contribution in [0.2, 0.25) is 0 Å². The number of halogens is 1. The molecule has 7 heteroatoms. The van der Waals surface area contributed by atoms with Crippen LogP contribution in [0.25, 0.3) is 0 Å². The van der Waals surface area contributed by atoms with E-state index in [9.17, 15) is 0 Å². The number of H-pyrrole nitrogens is 1. The van der Waals surface area contributed by atoms with E-state index in [2.05, 4.69) is 46.9 Å². The number of hydrogen-bond acceptors (Lipinski definition) is 5. The van der Waals surface area contributed by atoms with E-state index in [1.54, 1.807) is 6.20 Å². The van der Waals surface area contributed by atoms with Crippen molar-refractivity contribution in [2.24, 2.45) is 0 Å². The topological polar surface area (TPSA) is 79.4 Å². The molecule has 0 aliphatic heterocycles. The van der Waals surface area contributed by atoms with E-state index in [0.29, 0.717) is 5.82 Å². The van der Waals surface area contributed by atoms with E-state index in [1.807, 2.05) is 19.9 Å². The molecule has 0 spiro atoms. The maximum atomic E-state index is 4.28. The molecule has 2 aromatic rings. The average Bonchev–Trinajstić information content (AvgIpc) is 2.75. The van der Waals surface area contributed by atoms with E-state index < -0.39 is 0 Å². The normalized spacial score (nSPS) is 12.4. The quantitative estimate of drug-likeness (QED) is 0.898. The van der Waals surface area contributed by atoms with Gasteiger partial charge >= 0.3 is 0 Å². The Morgan fingerprint density at radius 1 is 1.50 bits per heavy atom. The lowest BCUT2D eigenvalue weighted by molar-refractivity contribution is 0.787. The number of nitrogens with one attached hydrogen (secondary N) is 2. The van der Waals surface area contributed by atoms with Gasteiger partial charge < -0.3 is 5.32 Å². The predicted molar refractivity (Wildman–Crippen MR) is 62.9 cm³/mol. The van der Waals surface area contributed by atoms with Crippen LogP contribution in [0.5, 0.6) is 0 Å². The summed E-state index contributed by atoms with van der Waals surface area (Å²) < 4.78 is 0.919. The summed E-state index contributed by atoms with van der Waals surface area (Å²) >= 11 is 3.45. The Labute approximate surface area is 101 Å². The molecule has 0 aromatic carbocycles. The summed E-state index contributed by atoms with van der Waals surface area (Å²) in [6.45, 7) is 3.93. The van der Waals surface area contributed by atoms with Gasteiger partial charge in [0.15, 0.2) is 5.82 Å². The van der Waals surface area contributed by atoms with E-state index in [-0.39, 0.29) is 6.04 Å². The van der Waals surface area contributed by atoms with Crippen molar-refractivity contribution in [3.05, 3.63) is 28.1 Å². The SMILES string of the molecule is Cc1cnc(NC(C)c2nn[nH]n2)c(Br)c1. The summed E-state index contributed by atoms with van der Waals surface area (Å²) in [5.74, 6) is 1.37. The Balaban J connectivity index is 2.15. The van der Waals surface area contributed by atoms with Crippen LogP contribution in [0.3, 0.4) is 0 Å². The number of hydrogen-bond donors (Lipinski definition) is 2. The molecular formula is C9H11BrN6. The van der Waals surface area contributed by atoms with Gasteiger partial charge in [-0.3, -0.25) is 0 Å². The predicted octanol–water partition coefficient (Wildman–Crippen LogP) is 1.84. The van der Waals surface area contributed by atoms with Crippen LogP contribution in [0.15, 0.2) is 16.7 Å². The monoisotopic (exact) mass is 282 g/mol. The minimum atomic E-state index is -0.0507. The fourth-order valence-corrected chi connectivity index (χ4v) is 1.84. The molecule has 2 heterocycles. The van der Waals surface area contributed by atoms with Gasteiger partial charge in [0, 0.05) is 6.20 Å². The molecule has 84 valence electrons. The fraction of sp³-hybridized carbons (Fsp3) is 0.333. The number of anilines is 1. The lowest BCUT2D eigenvalue weighted by atomic mass is 10.3. The molecule has 1 unspecified atom stereocenters. The first kappa shape index (κ1) is 11.0. The molecule has 0 aliphatic rings. The zero-order valence-electron chi connectivity index (χ0n) is 8.90. The van der Waals surface area contributed by atoms with Gasteiger partial charge in [-0.25, -0.2) is 4.98 Å². The van der Waals surface area contributed by atoms with Gasteiger partial charge in [-0.2, -0.15) is 5.21 Å². The maximum Gasteiger partial charge on any atom is 0.196 e. The zero-order valence-corrected chi connectivity index (χ0v) is 10.5. The molecule has 0 saturated carbocycles. The van der Waals surface area contributed by atoms with Gasteiger partial charge in [0.05, 0.1) is 10.5 Å². The van der Waals surface area contributed by atoms with Crippen LogP contribution in [-0.4, -0.2) is 25.6 Å². The van der Waals surface area contributed by atoms with Crippen molar-refractivity contribution in [3.8, 4) is 0 Å². The van der Waals surface area contributed by atoms with Crippen molar-refractivity contribution < 1.29 is 0 Å². The lowest BCUT2D eigenvalue weighted by Gasteiger charge is -2.12. The summed E-state index contributed by atoms with van der Waals surface area (Å²) in [4.78, 5) is 4.28. The van der Waals surface area contributed by atoms with Crippen LogP contribution < -0.4 is 5.32 Å². The summed E-state index contributed by atoms with van der Waals surface area (Å²) in [6.07, 6.45) is 1.80. The fourth-order valence-electron chi connectivity index (χ4n) is 1.26. The second-order valence-electron chi connectivity index (χ2n) is 3.48. The van der Waals surface area contributed by atoms with Crippen LogP contribution in [-0.2, 0) is 0 Å². The van der Waals surface area contributed by atoms with E-state index in [4.69, 9.17) is 0 Å². The van der Waals surface area contributed by atoms with Crippen molar-refractivity contribution in [1.82, 2.24) is 25.6 Å². The molecule has 6 nitrogen and oxygen atoms in total. The minimum absolute atomic E-state index is 0.0507. The van der Waals surface area contributed by atoms with Gasteiger partial charge in [0.25, 0.3) is 0 Å². The zero-order chi connectivity index (χ0) is 11.5. The molecule has 2 rings (SSSR count). The van der Waals surface area contributed by atoms with Gasteiger partial charge in [0.1, 0.15) is 5.82 Å². The highest BCUT2D eigenvalue weighted by Crippen LogP contribution is 2.23. The maximum absolute atomic E-state index is 4.28. The Hall–Kier alpha value is -1.50. The van der Waals surface area contributed by atoms with Crippen LogP contribution in [0.1, 0.15) is 24.4 Å². The van der Waals surface area contributed by atoms with Crippen molar-refractivity contribution in [2.45, 2.75) is 19.9 Å². The number of pyridine rings is 1. The van der Waals surface area contributed by atoms with Gasteiger partial charge in [-0.1, -0.05) is 5.21 Å². The van der Waals surface area contributed by atoms with Crippen molar-refractivity contribution in [2.75, 3.05) is 5.32 Å². The molecular weight excluding hydrogens is 272 g/mol. The molecule has 2 aromatic heterocycles. The van der Waals surface area contributed by atoms with Crippen LogP contribution in [0.4, 0.5) is 5.82 Å². The molecule has 1 atom stereocenters. The molecule has 0 bridgehead atoms. The number of nitrogens with zero attached hydrogens (tertiary/aromatic N) is 4. The number of rotatable bonds is 3. The summed E-state index contributed by atoms with van der Waals surface area (Å²) in [5, 5.41) is 16.9. The van der Waals surface area contributed by atoms with Crippen LogP contribution >= 0.6 is 15.9 Å². The largest absolute Gasteiger partial charge is 0.359 e. The summed E-state index contributed by atoms with van der Waals surface area (Å²) in [6, 6.07) is 1.95. The van der Waals surface area contributed by atoms with Crippen molar-refractivity contribution >= 4 is 21.7 Å². The molecule has 0 fully saturated rings. The molecule has 0 saturated heterocycles. The highest BCUT2D eigenvalue weighted by Gasteiger charge is 2.12. The van der Waals surface area contributed by atoms with Crippen molar-refractivity contribution in [1.29, 1.82) is 0 Å². The number of aromatic amines is 1. The van der Waals surface area contributed by atoms with Gasteiger partial charge in [0.2, 0.25) is 0 Å². The summed E-state index contributed by atoms with van der Waals surface area (Å²) in [7, 11) is 0. The standard InChI is InChI=1S/C9H11BrN6/c1-5-3-7(10)9(11-4-5)12-6(2)8-13-15-16-14-8/h3-4,6H,1-2H3,(H,11,12)(H,13,14,15,16). The van der Waals surface area contributed by atoms with E-state index >= 15 is 0 Å². The minimum Gasteiger partial charge on any atom is -0.359 e. The highest BCUT2D eigenvalue weighted by molar-refractivity contribution is 9.10. The van der Waals surface area contributed by atoms with E-state index in [0.717, 1.165) is 15.9 Å². The third kappa shape index (κ3) is 2.35. The molecule has 0 amide bonds. The first-order valence-corrected chi connectivity index (χ1v) is 5.58. The number of aryl methyl sites for hydroxylation is 1. The molecule has 0 radical (unpaired) electrons. The summed E-state index contributed by atoms with van der Waals surface area (Å²) in [5.41, 5.74) is 1.10. The number of aromatic nitrogens is 5. The first-order valence-electron chi connectivity index (χ1n) is 4.79. The second-order valence-corrected chi connectivity index (χ2v) is 4.33. The first-order chi connectivity index (χ1) is 7.66. The highest BCUT2D eigenvalue weighted by atomic mass is 79.9.